The zero-order valence-corrected chi connectivity index (χ0v) is 26.0. The topological polar surface area (TPSA) is 265 Å². The number of carbonyl (C=O) groups is 3. The number of carbonyl (C=O) groups excluding carboxylic acids is 2. The molecule has 1 saturated heterocycles. The number of carboxylic acids is 1. The molecule has 1 aromatic heterocycles. The molecule has 14 heteroatoms. The van der Waals surface area contributed by atoms with Gasteiger partial charge in [0.05, 0.1) is 11.3 Å². The van der Waals surface area contributed by atoms with Crippen molar-refractivity contribution in [2.24, 2.45) is 21.9 Å². The molecule has 4 rings (SSSR count). The fourth-order valence-electron chi connectivity index (χ4n) is 5.04. The maximum Gasteiger partial charge on any atom is 0.320 e. The quantitative estimate of drug-likeness (QED) is 0.122. The van der Waals surface area contributed by atoms with Crippen LogP contribution in [0.5, 0.6) is 5.75 Å². The lowest BCUT2D eigenvalue weighted by Gasteiger charge is -2.32. The molecule has 0 aliphatic carbocycles. The zero-order valence-electron chi connectivity index (χ0n) is 26.0. The van der Waals surface area contributed by atoms with Crippen molar-refractivity contribution in [1.82, 2.24) is 15.2 Å². The van der Waals surface area contributed by atoms with E-state index < -0.39 is 12.0 Å². The Hall–Kier alpha value is -5.02. The minimum atomic E-state index is -1.12. The lowest BCUT2D eigenvalue weighted by atomic mass is 9.91. The molecule has 47 heavy (non-hydrogen) atoms. The van der Waals surface area contributed by atoms with E-state index in [4.69, 9.17) is 10.8 Å². The number of phenolic OH excluding ortho intramolecular Hbond substituents is 1. The number of phenols is 1. The minimum Gasteiger partial charge on any atom is -0.506 e. The molecular weight excluding hydrogens is 608 g/mol. The summed E-state index contributed by atoms with van der Waals surface area (Å²) in [5.74, 6) is -0.951. The summed E-state index contributed by atoms with van der Waals surface area (Å²) >= 11 is 0. The van der Waals surface area contributed by atoms with Crippen LogP contribution in [-0.4, -0.2) is 80.0 Å². The van der Waals surface area contributed by atoms with Crippen LogP contribution < -0.4 is 11.1 Å². The third-order valence-corrected chi connectivity index (χ3v) is 7.56. The number of amides is 2. The number of hydrogen-bond acceptors (Lipinski definition) is 8. The number of nitrogens with zero attached hydrogens (tertiary/aromatic N) is 4. The molecule has 1 aliphatic heterocycles. The molecule has 1 aliphatic rings. The van der Waals surface area contributed by atoms with Gasteiger partial charge in [0.15, 0.2) is 0 Å². The van der Waals surface area contributed by atoms with Crippen LogP contribution in [0.3, 0.4) is 0 Å². The summed E-state index contributed by atoms with van der Waals surface area (Å²) in [4.78, 5) is 42.4. The Kier molecular flexibility index (Phi) is 17.2. The average molecular weight is 653 g/mol. The number of benzene rings is 2. The fraction of sp³-hybridized carbons (Fsp3) is 0.333. The van der Waals surface area contributed by atoms with Gasteiger partial charge in [-0.2, -0.15) is 0 Å². The van der Waals surface area contributed by atoms with Crippen LogP contribution in [0, 0.1) is 5.92 Å². The first-order chi connectivity index (χ1) is 21.3. The molecule has 1 fully saturated rings. The van der Waals surface area contributed by atoms with Crippen LogP contribution >= 0.6 is 0 Å². The third-order valence-electron chi connectivity index (χ3n) is 7.56. The summed E-state index contributed by atoms with van der Waals surface area (Å²) in [7, 11) is 0. The minimum absolute atomic E-state index is 0. The van der Waals surface area contributed by atoms with E-state index in [1.165, 1.54) is 18.2 Å². The van der Waals surface area contributed by atoms with Gasteiger partial charge in [-0.3, -0.25) is 19.4 Å². The number of azo groups is 1. The van der Waals surface area contributed by atoms with Crippen molar-refractivity contribution in [3.8, 4) is 5.75 Å². The van der Waals surface area contributed by atoms with Crippen molar-refractivity contribution in [2.75, 3.05) is 19.6 Å². The normalized spacial score (nSPS) is 13.7. The molecule has 3 aromatic rings. The summed E-state index contributed by atoms with van der Waals surface area (Å²) in [6.45, 7) is 1.92. The number of carboxylic acid groups (broad SMARTS) is 1. The zero-order chi connectivity index (χ0) is 31.3. The number of aliphatic carboxylic acids is 1. The van der Waals surface area contributed by atoms with Gasteiger partial charge in [-0.25, -0.2) is 0 Å². The van der Waals surface area contributed by atoms with E-state index in [9.17, 15) is 19.5 Å². The molecule has 0 bridgehead atoms. The molecule has 2 heterocycles. The average Bonchev–Trinajstić information content (AvgIpc) is 3.04. The Morgan fingerprint density at radius 2 is 1.72 bits per heavy atom. The number of nitrogens with two attached hydrogens (primary N) is 1. The third kappa shape index (κ3) is 12.4. The van der Waals surface area contributed by atoms with E-state index in [0.717, 1.165) is 37.7 Å². The molecule has 0 radical (unpaired) electrons. The Morgan fingerprint density at radius 3 is 2.43 bits per heavy atom. The molecule has 0 spiro atoms. The lowest BCUT2D eigenvalue weighted by Crippen LogP contribution is -2.38. The van der Waals surface area contributed by atoms with Crippen molar-refractivity contribution in [2.45, 2.75) is 44.6 Å². The van der Waals surface area contributed by atoms with Gasteiger partial charge >= 0.3 is 5.97 Å². The summed E-state index contributed by atoms with van der Waals surface area (Å²) in [6.07, 6.45) is 11.5. The van der Waals surface area contributed by atoms with Gasteiger partial charge in [0, 0.05) is 38.1 Å². The van der Waals surface area contributed by atoms with Gasteiger partial charge in [-0.15, -0.1) is 10.2 Å². The first-order valence-corrected chi connectivity index (χ1v) is 14.8. The SMILES string of the molecule is NC(Cc1ccc(O)c(N=Nc2ccccc2C(=O)N2CCC(CCCCNC(=O)/C=C/c3cccnc3)CC2)c1)C(=O)O.O.O.O. The molecule has 0 saturated carbocycles. The van der Waals surface area contributed by atoms with Gasteiger partial charge in [-0.05, 0) is 79.1 Å². The van der Waals surface area contributed by atoms with E-state index in [1.54, 1.807) is 48.8 Å². The first kappa shape index (κ1) is 40.0. The molecular formula is C33H44N6O8. The number of piperidine rings is 1. The highest BCUT2D eigenvalue weighted by molar-refractivity contribution is 5.99. The maximum atomic E-state index is 13.4. The molecule has 11 N–H and O–H groups in total. The van der Waals surface area contributed by atoms with E-state index in [1.807, 2.05) is 17.0 Å². The van der Waals surface area contributed by atoms with Gasteiger partial charge in [-0.1, -0.05) is 37.1 Å². The number of rotatable bonds is 13. The standard InChI is InChI=1S/C33H38N6O5.3H2O/c34-27(33(43)44)20-25-10-12-30(40)29(21-25)38-37-28-9-2-1-8-26(28)32(42)39-18-14-23(15-19-39)6-3-4-17-36-31(41)13-11-24-7-5-16-35-22-24;;;/h1-2,5,7-13,16,21-23,27,40H,3-4,6,14-15,17-20,34H2,(H,36,41)(H,43,44);3*1H2/b13-11+,38-37?;;;. The summed E-state index contributed by atoms with van der Waals surface area (Å²) in [6, 6.07) is 14.1. The Morgan fingerprint density at radius 1 is 1.00 bits per heavy atom. The first-order valence-electron chi connectivity index (χ1n) is 14.8. The molecule has 2 amide bonds. The maximum absolute atomic E-state index is 13.4. The summed E-state index contributed by atoms with van der Waals surface area (Å²) in [5, 5.41) is 30.6. The smallest absolute Gasteiger partial charge is 0.320 e. The predicted octanol–water partition coefficient (Wildman–Crippen LogP) is 2.54. The fourth-order valence-corrected chi connectivity index (χ4v) is 5.04. The number of likely N-dealkylation sites (tertiary alicyclic amines) is 1. The summed E-state index contributed by atoms with van der Waals surface area (Å²) in [5.41, 5.74) is 8.06. The lowest BCUT2D eigenvalue weighted by molar-refractivity contribution is -0.138. The number of pyridine rings is 1. The predicted molar refractivity (Wildman–Crippen MR) is 178 cm³/mol. The van der Waals surface area contributed by atoms with Crippen LogP contribution in [0.15, 0.2) is 83.3 Å². The number of unbranched alkanes of at least 4 members (excludes halogenated alkanes) is 1. The second-order valence-corrected chi connectivity index (χ2v) is 10.8. The summed E-state index contributed by atoms with van der Waals surface area (Å²) < 4.78 is 0. The van der Waals surface area contributed by atoms with Crippen LogP contribution in [0.2, 0.25) is 0 Å². The number of nitrogens with one attached hydrogen (secondary N) is 1. The van der Waals surface area contributed by atoms with Crippen LogP contribution in [-0.2, 0) is 16.0 Å². The highest BCUT2D eigenvalue weighted by Crippen LogP contribution is 2.31. The molecule has 254 valence electrons. The number of aromatic hydroxyl groups is 1. The van der Waals surface area contributed by atoms with E-state index in [-0.39, 0.29) is 46.1 Å². The van der Waals surface area contributed by atoms with Gasteiger partial charge in [0.1, 0.15) is 17.5 Å². The van der Waals surface area contributed by atoms with Gasteiger partial charge in [0.2, 0.25) is 5.91 Å². The van der Waals surface area contributed by atoms with Gasteiger partial charge < -0.3 is 42.6 Å². The largest absolute Gasteiger partial charge is 0.506 e. The number of hydrogen-bond donors (Lipinski definition) is 4. The van der Waals surface area contributed by atoms with Crippen LogP contribution in [0.4, 0.5) is 11.4 Å². The number of aromatic nitrogens is 1. The van der Waals surface area contributed by atoms with Crippen LogP contribution in [0.25, 0.3) is 6.08 Å². The van der Waals surface area contributed by atoms with Crippen molar-refractivity contribution in [3.05, 3.63) is 89.8 Å². The van der Waals surface area contributed by atoms with Crippen molar-refractivity contribution in [1.29, 1.82) is 0 Å². The second kappa shape index (κ2) is 20.2. The van der Waals surface area contributed by atoms with Crippen molar-refractivity contribution >= 4 is 35.2 Å². The molecule has 14 nitrogen and oxygen atoms in total. The van der Waals surface area contributed by atoms with Crippen molar-refractivity contribution < 1.29 is 41.0 Å². The highest BCUT2D eigenvalue weighted by atomic mass is 16.4. The molecule has 1 atom stereocenters. The molecule has 1 unspecified atom stereocenters. The van der Waals surface area contributed by atoms with Gasteiger partial charge in [0.25, 0.3) is 5.91 Å². The Balaban J connectivity index is 0.00000368. The highest BCUT2D eigenvalue weighted by Gasteiger charge is 2.25. The van der Waals surface area contributed by atoms with E-state index >= 15 is 0 Å². The van der Waals surface area contributed by atoms with E-state index in [0.29, 0.717) is 42.4 Å². The van der Waals surface area contributed by atoms with E-state index in [2.05, 4.69) is 20.5 Å². The molecule has 2 aromatic carbocycles. The Labute approximate surface area is 273 Å². The van der Waals surface area contributed by atoms with Crippen molar-refractivity contribution in [3.63, 3.8) is 0 Å². The van der Waals surface area contributed by atoms with Crippen LogP contribution in [0.1, 0.15) is 53.6 Å². The second-order valence-electron chi connectivity index (χ2n) is 10.8. The monoisotopic (exact) mass is 652 g/mol. The Bertz CT molecular complexity index is 1490.